The van der Waals surface area contributed by atoms with Gasteiger partial charge in [0.15, 0.2) is 5.16 Å². The summed E-state index contributed by atoms with van der Waals surface area (Å²) in [6.07, 6.45) is 9.99. The molecule has 0 aliphatic rings. The van der Waals surface area contributed by atoms with Gasteiger partial charge in [0.2, 0.25) is 0 Å². The highest BCUT2D eigenvalue weighted by molar-refractivity contribution is 7.99. The molecule has 0 aliphatic carbocycles. The van der Waals surface area contributed by atoms with Crippen LogP contribution in [-0.2, 0) is 7.05 Å². The topological polar surface area (TPSA) is 17.8 Å². The lowest BCUT2D eigenvalue weighted by molar-refractivity contribution is 0.525. The van der Waals surface area contributed by atoms with Crippen molar-refractivity contribution >= 4 is 11.8 Å². The quantitative estimate of drug-likeness (QED) is 0.532. The lowest BCUT2D eigenvalue weighted by atomic mass is 10.0. The smallest absolute Gasteiger partial charge is 0.167 e. The molecule has 0 aromatic carbocycles. The van der Waals surface area contributed by atoms with Gasteiger partial charge in [-0.3, -0.25) is 0 Å². The molecule has 96 valence electrons. The van der Waals surface area contributed by atoms with Crippen molar-refractivity contribution < 1.29 is 0 Å². The second-order valence-corrected chi connectivity index (χ2v) is 5.98. The van der Waals surface area contributed by atoms with Gasteiger partial charge in [0.25, 0.3) is 0 Å². The highest BCUT2D eigenvalue weighted by atomic mass is 32.2. The monoisotopic (exact) mass is 252 g/mol. The maximum absolute atomic E-state index is 4.31. The van der Waals surface area contributed by atoms with Crippen LogP contribution in [0, 0.1) is 5.92 Å². The molecule has 17 heavy (non-hydrogen) atoms. The average molecular weight is 252 g/mol. The zero-order valence-electron chi connectivity index (χ0n) is 11.4. The van der Waals surface area contributed by atoms with E-state index in [9.17, 15) is 0 Å². The average Bonchev–Trinajstić information content (AvgIpc) is 2.64. The Balaban J connectivity index is 2.14. The first-order chi connectivity index (χ1) is 8.09. The van der Waals surface area contributed by atoms with Crippen LogP contribution >= 0.6 is 11.8 Å². The van der Waals surface area contributed by atoms with Crippen molar-refractivity contribution in [3.63, 3.8) is 0 Å². The zero-order valence-corrected chi connectivity index (χ0v) is 12.3. The summed E-state index contributed by atoms with van der Waals surface area (Å²) in [4.78, 5) is 4.31. The first-order valence-corrected chi connectivity index (χ1v) is 7.31. The molecule has 2 nitrogen and oxygen atoms in total. The van der Waals surface area contributed by atoms with Crippen LogP contribution in [0.4, 0.5) is 0 Å². The predicted molar refractivity (Wildman–Crippen MR) is 76.4 cm³/mol. The van der Waals surface area contributed by atoms with Gasteiger partial charge in [0.05, 0.1) is 0 Å². The summed E-state index contributed by atoms with van der Waals surface area (Å²) < 4.78 is 2.08. The van der Waals surface area contributed by atoms with E-state index in [1.807, 2.05) is 31.2 Å². The molecule has 1 heterocycles. The van der Waals surface area contributed by atoms with Crippen LogP contribution in [-0.4, -0.2) is 15.3 Å². The van der Waals surface area contributed by atoms with Crippen molar-refractivity contribution in [3.05, 3.63) is 24.0 Å². The summed E-state index contributed by atoms with van der Waals surface area (Å²) in [5, 5.41) is 1.13. The molecule has 0 saturated carbocycles. The molecule has 1 rings (SSSR count). The van der Waals surface area contributed by atoms with Crippen LogP contribution in [0.1, 0.15) is 40.0 Å². The summed E-state index contributed by atoms with van der Waals surface area (Å²) >= 11 is 1.86. The Hall–Kier alpha value is -0.700. The third-order valence-electron chi connectivity index (χ3n) is 2.83. The minimum Gasteiger partial charge on any atom is -0.329 e. The van der Waals surface area contributed by atoms with Crippen molar-refractivity contribution in [1.82, 2.24) is 9.55 Å². The predicted octanol–water partition coefficient (Wildman–Crippen LogP) is 4.28. The van der Waals surface area contributed by atoms with E-state index < -0.39 is 0 Å². The molecule has 0 unspecified atom stereocenters. The molecule has 0 amide bonds. The van der Waals surface area contributed by atoms with E-state index in [0.717, 1.165) is 11.1 Å². The number of rotatable bonds is 7. The molecule has 0 aliphatic heterocycles. The maximum Gasteiger partial charge on any atom is 0.167 e. The van der Waals surface area contributed by atoms with E-state index in [4.69, 9.17) is 0 Å². The van der Waals surface area contributed by atoms with Gasteiger partial charge in [-0.05, 0) is 39.0 Å². The zero-order chi connectivity index (χ0) is 12.7. The number of hydrogen-bond acceptors (Lipinski definition) is 2. The number of imidazole rings is 1. The third-order valence-corrected chi connectivity index (χ3v) is 3.92. The second kappa shape index (κ2) is 7.59. The summed E-state index contributed by atoms with van der Waals surface area (Å²) in [7, 11) is 2.05. The van der Waals surface area contributed by atoms with Crippen molar-refractivity contribution in [3.8, 4) is 0 Å². The SMILES string of the molecule is CC(C)=CCC[C@H](C)CCSc1nccn1C. The van der Waals surface area contributed by atoms with Gasteiger partial charge in [-0.2, -0.15) is 0 Å². The largest absolute Gasteiger partial charge is 0.329 e. The standard InChI is InChI=1S/C14H24N2S/c1-12(2)6-5-7-13(3)8-11-17-14-15-9-10-16(14)4/h6,9-10,13H,5,7-8,11H2,1-4H3/t13-/m0/s1. The molecule has 0 radical (unpaired) electrons. The Morgan fingerprint density at radius 2 is 2.24 bits per heavy atom. The van der Waals surface area contributed by atoms with E-state index in [2.05, 4.69) is 36.4 Å². The molecule has 0 N–H and O–H groups in total. The Morgan fingerprint density at radius 3 is 2.82 bits per heavy atom. The molecule has 1 aromatic heterocycles. The summed E-state index contributed by atoms with van der Waals surface area (Å²) in [6.45, 7) is 6.68. The molecule has 0 bridgehead atoms. The molecule has 1 aromatic rings. The fraction of sp³-hybridized carbons (Fsp3) is 0.643. The van der Waals surface area contributed by atoms with E-state index in [1.54, 1.807) is 0 Å². The second-order valence-electron chi connectivity index (χ2n) is 4.92. The van der Waals surface area contributed by atoms with Crippen LogP contribution in [0.25, 0.3) is 0 Å². The summed E-state index contributed by atoms with van der Waals surface area (Å²) in [5.74, 6) is 1.97. The van der Waals surface area contributed by atoms with Crippen molar-refractivity contribution in [1.29, 1.82) is 0 Å². The lowest BCUT2D eigenvalue weighted by Crippen LogP contribution is -1.97. The highest BCUT2D eigenvalue weighted by Crippen LogP contribution is 2.20. The Labute approximate surface area is 110 Å². The normalized spacial score (nSPS) is 12.5. The Bertz CT molecular complexity index is 351. The molecule has 0 saturated heterocycles. The Morgan fingerprint density at radius 1 is 1.47 bits per heavy atom. The fourth-order valence-corrected chi connectivity index (χ4v) is 2.75. The highest BCUT2D eigenvalue weighted by Gasteiger charge is 2.04. The third kappa shape index (κ3) is 5.97. The van der Waals surface area contributed by atoms with Gasteiger partial charge in [0, 0.05) is 25.2 Å². The number of aryl methyl sites for hydroxylation is 1. The van der Waals surface area contributed by atoms with E-state index in [1.165, 1.54) is 30.6 Å². The van der Waals surface area contributed by atoms with Crippen LogP contribution in [0.15, 0.2) is 29.2 Å². The number of allylic oxidation sites excluding steroid dienone is 2. The van der Waals surface area contributed by atoms with Crippen LogP contribution in [0.5, 0.6) is 0 Å². The van der Waals surface area contributed by atoms with Gasteiger partial charge in [-0.1, -0.05) is 30.3 Å². The number of thioether (sulfide) groups is 1. The molecular formula is C14H24N2S. The summed E-state index contributed by atoms with van der Waals surface area (Å²) in [5.41, 5.74) is 1.43. The van der Waals surface area contributed by atoms with E-state index in [0.29, 0.717) is 0 Å². The lowest BCUT2D eigenvalue weighted by Gasteiger charge is -2.09. The van der Waals surface area contributed by atoms with Crippen LogP contribution in [0.2, 0.25) is 0 Å². The fourth-order valence-electron chi connectivity index (χ4n) is 1.64. The van der Waals surface area contributed by atoms with Gasteiger partial charge in [-0.25, -0.2) is 4.98 Å². The molecule has 1 atom stereocenters. The summed E-state index contributed by atoms with van der Waals surface area (Å²) in [6, 6.07) is 0. The number of nitrogens with zero attached hydrogens (tertiary/aromatic N) is 2. The molecule has 3 heteroatoms. The van der Waals surface area contributed by atoms with Crippen molar-refractivity contribution in [2.45, 2.75) is 45.2 Å². The molecule has 0 fully saturated rings. The van der Waals surface area contributed by atoms with Crippen LogP contribution in [0.3, 0.4) is 0 Å². The number of hydrogen-bond donors (Lipinski definition) is 0. The first kappa shape index (κ1) is 14.4. The van der Waals surface area contributed by atoms with Crippen molar-refractivity contribution in [2.75, 3.05) is 5.75 Å². The molecule has 0 spiro atoms. The van der Waals surface area contributed by atoms with Gasteiger partial charge in [0.1, 0.15) is 0 Å². The first-order valence-electron chi connectivity index (χ1n) is 6.33. The maximum atomic E-state index is 4.31. The minimum absolute atomic E-state index is 0.804. The van der Waals surface area contributed by atoms with Gasteiger partial charge >= 0.3 is 0 Å². The van der Waals surface area contributed by atoms with Gasteiger partial charge < -0.3 is 4.57 Å². The van der Waals surface area contributed by atoms with Gasteiger partial charge in [-0.15, -0.1) is 0 Å². The minimum atomic E-state index is 0.804. The number of aromatic nitrogens is 2. The Kier molecular flexibility index (Phi) is 6.41. The van der Waals surface area contributed by atoms with Crippen molar-refractivity contribution in [2.24, 2.45) is 13.0 Å². The van der Waals surface area contributed by atoms with E-state index in [-0.39, 0.29) is 0 Å². The molecular weight excluding hydrogens is 228 g/mol. The van der Waals surface area contributed by atoms with E-state index >= 15 is 0 Å². The van der Waals surface area contributed by atoms with Crippen LogP contribution < -0.4 is 0 Å².